The summed E-state index contributed by atoms with van der Waals surface area (Å²) in [6, 6.07) is 8.01. The van der Waals surface area contributed by atoms with Gasteiger partial charge in [-0.15, -0.1) is 0 Å². The minimum atomic E-state index is -0.201. The summed E-state index contributed by atoms with van der Waals surface area (Å²) in [5.41, 5.74) is 1.96. The van der Waals surface area contributed by atoms with Crippen LogP contribution in [0, 0.1) is 0 Å². The zero-order valence-electron chi connectivity index (χ0n) is 16.2. The van der Waals surface area contributed by atoms with Crippen LogP contribution in [0.3, 0.4) is 0 Å². The molecule has 1 saturated carbocycles. The number of hydrogen-bond donors (Lipinski definition) is 2. The second kappa shape index (κ2) is 8.88. The van der Waals surface area contributed by atoms with E-state index in [0.717, 1.165) is 29.7 Å². The molecule has 0 radical (unpaired) electrons. The Kier molecular flexibility index (Phi) is 6.32. The topological polar surface area (TPSA) is 79.3 Å². The van der Waals surface area contributed by atoms with Gasteiger partial charge in [0, 0.05) is 33.1 Å². The Morgan fingerprint density at radius 2 is 1.96 bits per heavy atom. The molecule has 7 heteroatoms. The Bertz CT molecular complexity index is 795. The molecule has 2 N–H and O–H groups in total. The molecule has 1 aliphatic carbocycles. The van der Waals surface area contributed by atoms with Gasteiger partial charge in [0.1, 0.15) is 5.82 Å². The third-order valence-electron chi connectivity index (χ3n) is 5.20. The highest BCUT2D eigenvalue weighted by Gasteiger charge is 2.17. The summed E-state index contributed by atoms with van der Waals surface area (Å²) in [5, 5.41) is 5.88. The average molecular weight is 371 g/mol. The zero-order valence-corrected chi connectivity index (χ0v) is 16.2. The first-order valence-corrected chi connectivity index (χ1v) is 9.73. The molecule has 0 bridgehead atoms. The summed E-state index contributed by atoms with van der Waals surface area (Å²) in [6.07, 6.45) is 6.09. The number of nitrogens with zero attached hydrogens (tertiary/aromatic N) is 3. The zero-order chi connectivity index (χ0) is 19.2. The van der Waals surface area contributed by atoms with Crippen LogP contribution in [0.5, 0.6) is 0 Å². The first-order chi connectivity index (χ1) is 13.0. The summed E-state index contributed by atoms with van der Waals surface area (Å²) in [5.74, 6) is 0.837. The quantitative estimate of drug-likeness (QED) is 0.819. The van der Waals surface area contributed by atoms with Crippen LogP contribution >= 0.6 is 0 Å². The monoisotopic (exact) mass is 371 g/mol. The molecule has 27 heavy (non-hydrogen) atoms. The van der Waals surface area contributed by atoms with Gasteiger partial charge in [-0.25, -0.2) is 9.78 Å². The lowest BCUT2D eigenvalue weighted by Crippen LogP contribution is -2.41. The van der Waals surface area contributed by atoms with E-state index < -0.39 is 0 Å². The van der Waals surface area contributed by atoms with Crippen molar-refractivity contribution in [3.8, 4) is 0 Å². The van der Waals surface area contributed by atoms with Crippen molar-refractivity contribution in [2.45, 2.75) is 51.1 Å². The largest absolute Gasteiger partial charge is 0.353 e. The fourth-order valence-corrected chi connectivity index (χ4v) is 3.59. The van der Waals surface area contributed by atoms with Gasteiger partial charge in [0.25, 0.3) is 0 Å². The first kappa shape index (κ1) is 19.2. The number of amides is 3. The van der Waals surface area contributed by atoms with Crippen LogP contribution in [-0.4, -0.2) is 46.0 Å². The van der Waals surface area contributed by atoms with Gasteiger partial charge in [-0.1, -0.05) is 31.4 Å². The molecule has 1 heterocycles. The number of para-hydroxylation sites is 2. The van der Waals surface area contributed by atoms with Gasteiger partial charge in [-0.05, 0) is 25.0 Å². The highest BCUT2D eigenvalue weighted by molar-refractivity contribution is 5.78. The second-order valence-corrected chi connectivity index (χ2v) is 7.32. The van der Waals surface area contributed by atoms with E-state index in [-0.39, 0.29) is 11.9 Å². The van der Waals surface area contributed by atoms with Crippen molar-refractivity contribution in [3.63, 3.8) is 0 Å². The van der Waals surface area contributed by atoms with Gasteiger partial charge in [0.15, 0.2) is 0 Å². The molecule has 0 aliphatic heterocycles. The average Bonchev–Trinajstić information content (AvgIpc) is 2.98. The molecule has 1 aromatic heterocycles. The molecule has 1 aromatic carbocycles. The number of hydrogen-bond acceptors (Lipinski definition) is 3. The molecular weight excluding hydrogens is 342 g/mol. The number of fused-ring (bicyclic) bond motifs is 1. The SMILES string of the molecule is CN(Cc1nc2ccccc2n1C)C(=O)NCCC(=O)NC1CCCCC1. The van der Waals surface area contributed by atoms with E-state index in [0.29, 0.717) is 25.6 Å². The minimum Gasteiger partial charge on any atom is -0.353 e. The minimum absolute atomic E-state index is 0.0141. The number of aromatic nitrogens is 2. The predicted octanol–water partition coefficient (Wildman–Crippen LogP) is 2.55. The van der Waals surface area contributed by atoms with Crippen LogP contribution in [0.15, 0.2) is 24.3 Å². The molecule has 146 valence electrons. The molecule has 1 aliphatic rings. The molecule has 0 atom stereocenters. The van der Waals surface area contributed by atoms with Gasteiger partial charge >= 0.3 is 6.03 Å². The van der Waals surface area contributed by atoms with Crippen molar-refractivity contribution < 1.29 is 9.59 Å². The standard InChI is InChI=1S/C20H29N5O2/c1-24(14-18-23-16-10-6-7-11-17(16)25(18)2)20(27)21-13-12-19(26)22-15-8-4-3-5-9-15/h6-7,10-11,15H,3-5,8-9,12-14H2,1-2H3,(H,21,27)(H,22,26). The van der Waals surface area contributed by atoms with E-state index in [1.165, 1.54) is 19.3 Å². The molecule has 0 unspecified atom stereocenters. The molecular formula is C20H29N5O2. The fourth-order valence-electron chi connectivity index (χ4n) is 3.59. The van der Waals surface area contributed by atoms with Crippen LogP contribution in [0.25, 0.3) is 11.0 Å². The highest BCUT2D eigenvalue weighted by atomic mass is 16.2. The Morgan fingerprint density at radius 3 is 2.70 bits per heavy atom. The Labute approximate surface area is 160 Å². The van der Waals surface area contributed by atoms with E-state index in [1.807, 2.05) is 35.9 Å². The second-order valence-electron chi connectivity index (χ2n) is 7.32. The third kappa shape index (κ3) is 4.99. The van der Waals surface area contributed by atoms with E-state index in [1.54, 1.807) is 11.9 Å². The van der Waals surface area contributed by atoms with Gasteiger partial charge < -0.3 is 20.1 Å². The van der Waals surface area contributed by atoms with Crippen molar-refractivity contribution in [1.82, 2.24) is 25.1 Å². The summed E-state index contributed by atoms with van der Waals surface area (Å²) in [7, 11) is 3.68. The van der Waals surface area contributed by atoms with Crippen molar-refractivity contribution in [2.24, 2.45) is 7.05 Å². The maximum Gasteiger partial charge on any atom is 0.317 e. The summed E-state index contributed by atoms with van der Waals surface area (Å²) >= 11 is 0. The molecule has 3 rings (SSSR count). The number of rotatable bonds is 6. The van der Waals surface area contributed by atoms with E-state index in [9.17, 15) is 9.59 Å². The number of imidazole rings is 1. The first-order valence-electron chi connectivity index (χ1n) is 9.73. The van der Waals surface area contributed by atoms with Crippen LogP contribution in [-0.2, 0) is 18.4 Å². The smallest absolute Gasteiger partial charge is 0.317 e. The molecule has 3 amide bonds. The number of urea groups is 1. The number of benzene rings is 1. The van der Waals surface area contributed by atoms with Crippen molar-refractivity contribution >= 4 is 23.0 Å². The Balaban J connectivity index is 1.43. The maximum atomic E-state index is 12.3. The van der Waals surface area contributed by atoms with E-state index >= 15 is 0 Å². The molecule has 0 saturated heterocycles. The number of nitrogens with one attached hydrogen (secondary N) is 2. The maximum absolute atomic E-state index is 12.3. The summed E-state index contributed by atoms with van der Waals surface area (Å²) < 4.78 is 2.00. The highest BCUT2D eigenvalue weighted by Crippen LogP contribution is 2.17. The van der Waals surface area contributed by atoms with Crippen molar-refractivity contribution in [2.75, 3.05) is 13.6 Å². The van der Waals surface area contributed by atoms with Gasteiger partial charge in [0.2, 0.25) is 5.91 Å². The van der Waals surface area contributed by atoms with Crippen LogP contribution in [0.2, 0.25) is 0 Å². The summed E-state index contributed by atoms with van der Waals surface area (Å²) in [4.78, 5) is 30.5. The fraction of sp³-hybridized carbons (Fsp3) is 0.550. The van der Waals surface area contributed by atoms with Gasteiger partial charge in [-0.3, -0.25) is 4.79 Å². The number of aryl methyl sites for hydroxylation is 1. The van der Waals surface area contributed by atoms with Gasteiger partial charge in [0.05, 0.1) is 17.6 Å². The Morgan fingerprint density at radius 1 is 1.22 bits per heavy atom. The van der Waals surface area contributed by atoms with E-state index in [4.69, 9.17) is 0 Å². The molecule has 2 aromatic rings. The van der Waals surface area contributed by atoms with Crippen LogP contribution < -0.4 is 10.6 Å². The van der Waals surface area contributed by atoms with Crippen LogP contribution in [0.4, 0.5) is 4.79 Å². The number of carbonyl (C=O) groups excluding carboxylic acids is 2. The lowest BCUT2D eigenvalue weighted by atomic mass is 9.95. The van der Waals surface area contributed by atoms with E-state index in [2.05, 4.69) is 15.6 Å². The Hall–Kier alpha value is -2.57. The lowest BCUT2D eigenvalue weighted by molar-refractivity contribution is -0.121. The molecule has 1 fully saturated rings. The van der Waals surface area contributed by atoms with Crippen molar-refractivity contribution in [3.05, 3.63) is 30.1 Å². The molecule has 0 spiro atoms. The third-order valence-corrected chi connectivity index (χ3v) is 5.20. The lowest BCUT2D eigenvalue weighted by Gasteiger charge is -2.23. The normalized spacial score (nSPS) is 14.9. The van der Waals surface area contributed by atoms with Crippen LogP contribution in [0.1, 0.15) is 44.3 Å². The van der Waals surface area contributed by atoms with Gasteiger partial charge in [-0.2, -0.15) is 0 Å². The molecule has 7 nitrogen and oxygen atoms in total. The summed E-state index contributed by atoms with van der Waals surface area (Å²) in [6.45, 7) is 0.746. The predicted molar refractivity (Wildman–Crippen MR) is 105 cm³/mol. The van der Waals surface area contributed by atoms with Crippen molar-refractivity contribution in [1.29, 1.82) is 0 Å². The number of carbonyl (C=O) groups is 2.